The van der Waals surface area contributed by atoms with Gasteiger partial charge in [-0.05, 0) is 89.0 Å². The molecule has 7 nitrogen and oxygen atoms in total. The van der Waals surface area contributed by atoms with Crippen LogP contribution >= 0.6 is 11.8 Å². The maximum Gasteiger partial charge on any atom is 0.408 e. The van der Waals surface area contributed by atoms with E-state index in [-0.39, 0.29) is 17.9 Å². The zero-order chi connectivity index (χ0) is 29.7. The van der Waals surface area contributed by atoms with E-state index in [1.54, 1.807) is 37.4 Å². The Bertz CT molecular complexity index is 956. The number of alkyl carbamates (subject to hydrolysis) is 1. The van der Waals surface area contributed by atoms with Gasteiger partial charge in [-0.15, -0.1) is 0 Å². The minimum atomic E-state index is -0.787. The van der Waals surface area contributed by atoms with Gasteiger partial charge in [0, 0.05) is 12.6 Å². The zero-order valence-electron chi connectivity index (χ0n) is 25.9. The molecule has 0 aromatic heterocycles. The molecular weight excluding hydrogens is 522 g/mol. The maximum atomic E-state index is 14.3. The molecule has 2 atom stereocenters. The topological polar surface area (TPSA) is 87.7 Å². The number of nitrogens with zero attached hydrogens (tertiary/aromatic N) is 1. The van der Waals surface area contributed by atoms with E-state index in [1.807, 2.05) is 38.3 Å². The SMILES string of the molecule is CCCCCCN(C(=O)C(CCSC)NC(=O)OC(C)(C)C)C(C(=O)NC1CCCCC1)c1ccc(C)c(C)c1. The van der Waals surface area contributed by atoms with Crippen LogP contribution in [0.2, 0.25) is 0 Å². The predicted octanol–water partition coefficient (Wildman–Crippen LogP) is 6.85. The van der Waals surface area contributed by atoms with Crippen molar-refractivity contribution in [1.82, 2.24) is 15.5 Å². The molecule has 226 valence electrons. The van der Waals surface area contributed by atoms with Crippen LogP contribution in [0.25, 0.3) is 0 Å². The summed E-state index contributed by atoms with van der Waals surface area (Å²) >= 11 is 1.62. The molecule has 1 saturated carbocycles. The highest BCUT2D eigenvalue weighted by Gasteiger charge is 2.36. The van der Waals surface area contributed by atoms with Crippen LogP contribution in [0.1, 0.15) is 115 Å². The second kappa shape index (κ2) is 16.9. The number of thioether (sulfide) groups is 1. The van der Waals surface area contributed by atoms with Crippen LogP contribution in [0, 0.1) is 13.8 Å². The molecule has 2 N–H and O–H groups in total. The van der Waals surface area contributed by atoms with E-state index in [1.165, 1.54) is 6.42 Å². The number of hydrogen-bond acceptors (Lipinski definition) is 5. The van der Waals surface area contributed by atoms with Gasteiger partial charge in [0.1, 0.15) is 17.7 Å². The lowest BCUT2D eigenvalue weighted by molar-refractivity contribution is -0.143. The Labute approximate surface area is 246 Å². The van der Waals surface area contributed by atoms with Crippen LogP contribution in [-0.4, -0.2) is 59.0 Å². The summed E-state index contributed by atoms with van der Waals surface area (Å²) in [6, 6.07) is 4.59. The first kappa shape index (κ1) is 34.0. The Balaban J connectivity index is 2.48. The van der Waals surface area contributed by atoms with E-state index in [2.05, 4.69) is 17.6 Å². The van der Waals surface area contributed by atoms with Gasteiger partial charge in [0.2, 0.25) is 11.8 Å². The minimum Gasteiger partial charge on any atom is -0.444 e. The number of nitrogens with one attached hydrogen (secondary N) is 2. The molecule has 8 heteroatoms. The second-order valence-corrected chi connectivity index (χ2v) is 13.1. The molecular formula is C32H53N3O4S. The van der Waals surface area contributed by atoms with Crippen LogP contribution in [0.15, 0.2) is 18.2 Å². The summed E-state index contributed by atoms with van der Waals surface area (Å²) in [5, 5.41) is 6.13. The molecule has 0 heterocycles. The second-order valence-electron chi connectivity index (χ2n) is 12.2. The van der Waals surface area contributed by atoms with E-state index in [9.17, 15) is 14.4 Å². The van der Waals surface area contributed by atoms with E-state index in [0.717, 1.165) is 68.1 Å². The highest BCUT2D eigenvalue weighted by molar-refractivity contribution is 7.98. The van der Waals surface area contributed by atoms with Gasteiger partial charge in [-0.1, -0.05) is 63.6 Å². The summed E-state index contributed by atoms with van der Waals surface area (Å²) in [5.41, 5.74) is 2.34. The summed E-state index contributed by atoms with van der Waals surface area (Å²) in [7, 11) is 0. The molecule has 0 bridgehead atoms. The molecule has 0 spiro atoms. The summed E-state index contributed by atoms with van der Waals surface area (Å²) in [6.45, 7) is 12.1. The van der Waals surface area contributed by atoms with E-state index >= 15 is 0 Å². The van der Waals surface area contributed by atoms with Crippen molar-refractivity contribution in [2.45, 2.75) is 129 Å². The fourth-order valence-electron chi connectivity index (χ4n) is 5.15. The van der Waals surface area contributed by atoms with Crippen LogP contribution in [0.4, 0.5) is 4.79 Å². The summed E-state index contributed by atoms with van der Waals surface area (Å²) < 4.78 is 5.51. The van der Waals surface area contributed by atoms with Crippen molar-refractivity contribution in [2.75, 3.05) is 18.6 Å². The molecule has 1 aromatic rings. The molecule has 1 aromatic carbocycles. The summed E-state index contributed by atoms with van der Waals surface area (Å²) in [4.78, 5) is 42.9. The quantitative estimate of drug-likeness (QED) is 0.237. The Morgan fingerprint density at radius 2 is 1.75 bits per heavy atom. The lowest BCUT2D eigenvalue weighted by Gasteiger charge is -2.36. The number of carbonyl (C=O) groups is 3. The largest absolute Gasteiger partial charge is 0.444 e. The average molecular weight is 576 g/mol. The zero-order valence-corrected chi connectivity index (χ0v) is 26.8. The standard InChI is InChI=1S/C32H53N3O4S/c1-8-9-10-14-20-35(30(37)27(19-21-40-7)34-31(38)39-32(4,5)6)28(25-18-17-23(2)24(3)22-25)29(36)33-26-15-12-11-13-16-26/h17-18,22,26-28H,8-16,19-21H2,1-7H3,(H,33,36)(H,34,38). The number of unbranched alkanes of at least 4 members (excludes halogenated alkanes) is 3. The number of amides is 3. The first-order chi connectivity index (χ1) is 19.0. The van der Waals surface area contributed by atoms with Crippen molar-refractivity contribution < 1.29 is 19.1 Å². The first-order valence-electron chi connectivity index (χ1n) is 15.1. The monoisotopic (exact) mass is 575 g/mol. The van der Waals surface area contributed by atoms with Crippen LogP contribution < -0.4 is 10.6 Å². The normalized spacial score (nSPS) is 15.7. The highest BCUT2D eigenvalue weighted by atomic mass is 32.2. The van der Waals surface area contributed by atoms with E-state index < -0.39 is 23.8 Å². The summed E-state index contributed by atoms with van der Waals surface area (Å²) in [6.07, 6.45) is 11.1. The van der Waals surface area contributed by atoms with Gasteiger partial charge < -0.3 is 20.3 Å². The van der Waals surface area contributed by atoms with Crippen molar-refractivity contribution in [3.05, 3.63) is 34.9 Å². The van der Waals surface area contributed by atoms with Gasteiger partial charge in [0.25, 0.3) is 0 Å². The molecule has 40 heavy (non-hydrogen) atoms. The third kappa shape index (κ3) is 11.3. The molecule has 2 unspecified atom stereocenters. The molecule has 0 radical (unpaired) electrons. The first-order valence-corrected chi connectivity index (χ1v) is 16.5. The van der Waals surface area contributed by atoms with Crippen molar-refractivity contribution in [2.24, 2.45) is 0 Å². The van der Waals surface area contributed by atoms with E-state index in [4.69, 9.17) is 4.74 Å². The molecule has 1 fully saturated rings. The van der Waals surface area contributed by atoms with Crippen molar-refractivity contribution in [3.63, 3.8) is 0 Å². The number of carbonyl (C=O) groups excluding carboxylic acids is 3. The number of rotatable bonds is 14. The van der Waals surface area contributed by atoms with Crippen molar-refractivity contribution in [1.29, 1.82) is 0 Å². The Morgan fingerprint density at radius 3 is 2.35 bits per heavy atom. The Kier molecular flexibility index (Phi) is 14.4. The molecule has 2 rings (SSSR count). The fraction of sp³-hybridized carbons (Fsp3) is 0.719. The predicted molar refractivity (Wildman–Crippen MR) is 166 cm³/mol. The third-order valence-electron chi connectivity index (χ3n) is 7.49. The Hall–Kier alpha value is -2.22. The number of hydrogen-bond donors (Lipinski definition) is 2. The molecule has 0 saturated heterocycles. The number of benzene rings is 1. The fourth-order valence-corrected chi connectivity index (χ4v) is 5.62. The van der Waals surface area contributed by atoms with Gasteiger partial charge in [-0.3, -0.25) is 9.59 Å². The molecule has 1 aliphatic rings. The third-order valence-corrected chi connectivity index (χ3v) is 8.14. The van der Waals surface area contributed by atoms with Gasteiger partial charge in [0.15, 0.2) is 0 Å². The Morgan fingerprint density at radius 1 is 1.05 bits per heavy atom. The number of aryl methyl sites for hydroxylation is 2. The van der Waals surface area contributed by atoms with Gasteiger partial charge in [-0.25, -0.2) is 4.79 Å². The van der Waals surface area contributed by atoms with Crippen LogP contribution in [0.3, 0.4) is 0 Å². The summed E-state index contributed by atoms with van der Waals surface area (Å²) in [5.74, 6) is 0.316. The van der Waals surface area contributed by atoms with E-state index in [0.29, 0.717) is 18.7 Å². The van der Waals surface area contributed by atoms with Crippen molar-refractivity contribution in [3.8, 4) is 0 Å². The molecule has 3 amide bonds. The molecule has 0 aliphatic heterocycles. The van der Waals surface area contributed by atoms with Gasteiger partial charge in [-0.2, -0.15) is 11.8 Å². The smallest absolute Gasteiger partial charge is 0.408 e. The molecule has 1 aliphatic carbocycles. The minimum absolute atomic E-state index is 0.125. The number of ether oxygens (including phenoxy) is 1. The average Bonchev–Trinajstić information content (AvgIpc) is 2.89. The lowest BCUT2D eigenvalue weighted by Crippen LogP contribution is -2.54. The van der Waals surface area contributed by atoms with Gasteiger partial charge >= 0.3 is 6.09 Å². The van der Waals surface area contributed by atoms with Crippen LogP contribution in [-0.2, 0) is 14.3 Å². The van der Waals surface area contributed by atoms with Crippen molar-refractivity contribution >= 4 is 29.7 Å². The highest BCUT2D eigenvalue weighted by Crippen LogP contribution is 2.27. The van der Waals surface area contributed by atoms with Crippen LogP contribution in [0.5, 0.6) is 0 Å². The maximum absolute atomic E-state index is 14.3. The lowest BCUT2D eigenvalue weighted by atomic mass is 9.94. The van der Waals surface area contributed by atoms with Gasteiger partial charge in [0.05, 0.1) is 0 Å².